The van der Waals surface area contributed by atoms with Crippen LogP contribution in [0.5, 0.6) is 0 Å². The number of nitrogens with zero attached hydrogens (tertiary/aromatic N) is 4. The number of H-pyrrole nitrogens is 1. The Bertz CT molecular complexity index is 2300. The van der Waals surface area contributed by atoms with Crippen LogP contribution in [-0.4, -0.2) is 30.6 Å². The highest BCUT2D eigenvalue weighted by molar-refractivity contribution is 6.03. The summed E-state index contributed by atoms with van der Waals surface area (Å²) in [7, 11) is 0. The number of pyridine rings is 1. The highest BCUT2D eigenvalue weighted by Gasteiger charge is 2.40. The normalized spacial score (nSPS) is 12.3. The Kier molecular flexibility index (Phi) is 7.57. The molecule has 7 nitrogen and oxygen atoms in total. The molecule has 8 aromatic rings. The van der Waals surface area contributed by atoms with Crippen LogP contribution in [0.15, 0.2) is 152 Å². The summed E-state index contributed by atoms with van der Waals surface area (Å²) in [5.74, 6) is -0.172. The molecule has 0 aliphatic heterocycles. The van der Waals surface area contributed by atoms with Gasteiger partial charge in [-0.05, 0) is 60.4 Å². The molecule has 1 atom stereocenters. The molecule has 8 rings (SSSR count). The SMILES string of the molecule is Cc1cccc([C@@H](C)NC(=O)c2nc3cc4c(-c5ccncc5)[nH]n(C(c5ccccc5)(c5ccccc5)c5ccccc5)c4cc3n2)c1. The number of aromatic amines is 1. The molecule has 0 aliphatic carbocycles. The van der Waals surface area contributed by atoms with Crippen molar-refractivity contribution in [3.8, 4) is 11.3 Å². The highest BCUT2D eigenvalue weighted by atomic mass is 16.2. The van der Waals surface area contributed by atoms with Crippen LogP contribution in [-0.2, 0) is 5.54 Å². The van der Waals surface area contributed by atoms with E-state index in [1.165, 1.54) is 0 Å². The van der Waals surface area contributed by atoms with Crippen molar-refractivity contribution in [2.75, 3.05) is 0 Å². The number of imidazole rings is 1. The number of fused-ring (bicyclic) bond motifs is 2. The van der Waals surface area contributed by atoms with Crippen LogP contribution in [0.1, 0.15) is 51.4 Å². The summed E-state index contributed by atoms with van der Waals surface area (Å²) in [6.45, 7) is 4.02. The number of carbonyl (C=O) groups is 1. The molecular formula is C42H34N6O. The maximum absolute atomic E-state index is 13.5. The van der Waals surface area contributed by atoms with Gasteiger partial charge in [-0.2, -0.15) is 0 Å². The van der Waals surface area contributed by atoms with Gasteiger partial charge in [-0.3, -0.25) is 19.6 Å². The van der Waals surface area contributed by atoms with Crippen LogP contribution >= 0.6 is 0 Å². The first kappa shape index (κ1) is 30.0. The molecule has 0 radical (unpaired) electrons. The first-order chi connectivity index (χ1) is 24.0. The molecule has 0 saturated heterocycles. The second-order valence-corrected chi connectivity index (χ2v) is 12.4. The summed E-state index contributed by atoms with van der Waals surface area (Å²) in [5, 5.41) is 7.89. The molecule has 49 heavy (non-hydrogen) atoms. The minimum Gasteiger partial charge on any atom is -0.343 e. The highest BCUT2D eigenvalue weighted by Crippen LogP contribution is 2.44. The van der Waals surface area contributed by atoms with E-state index in [9.17, 15) is 4.79 Å². The zero-order chi connectivity index (χ0) is 33.4. The van der Waals surface area contributed by atoms with E-state index in [1.54, 1.807) is 12.4 Å². The van der Waals surface area contributed by atoms with Crippen molar-refractivity contribution in [3.05, 3.63) is 186 Å². The monoisotopic (exact) mass is 638 g/mol. The molecule has 3 heterocycles. The summed E-state index contributed by atoms with van der Waals surface area (Å²) < 4.78 is 2.24. The summed E-state index contributed by atoms with van der Waals surface area (Å²) >= 11 is 0. The molecule has 0 fully saturated rings. The van der Waals surface area contributed by atoms with Crippen LogP contribution in [0, 0.1) is 6.92 Å². The molecule has 0 bridgehead atoms. The Morgan fingerprint density at radius 2 is 1.29 bits per heavy atom. The van der Waals surface area contributed by atoms with Crippen LogP contribution < -0.4 is 5.32 Å². The average molecular weight is 639 g/mol. The summed E-state index contributed by atoms with van der Waals surface area (Å²) in [4.78, 5) is 27.4. The van der Waals surface area contributed by atoms with Gasteiger partial charge in [0, 0.05) is 23.3 Å². The zero-order valence-electron chi connectivity index (χ0n) is 27.2. The number of amides is 1. The smallest absolute Gasteiger partial charge is 0.289 e. The van der Waals surface area contributed by atoms with Gasteiger partial charge in [0.05, 0.1) is 28.3 Å². The van der Waals surface area contributed by atoms with Gasteiger partial charge in [0.2, 0.25) is 5.82 Å². The van der Waals surface area contributed by atoms with Crippen molar-refractivity contribution in [3.63, 3.8) is 0 Å². The van der Waals surface area contributed by atoms with Crippen LogP contribution in [0.25, 0.3) is 33.2 Å². The zero-order valence-corrected chi connectivity index (χ0v) is 27.2. The van der Waals surface area contributed by atoms with Crippen molar-refractivity contribution in [1.82, 2.24) is 30.0 Å². The number of benzene rings is 5. The number of carbonyl (C=O) groups excluding carboxylic acids is 1. The number of aromatic nitrogens is 5. The lowest BCUT2D eigenvalue weighted by molar-refractivity contribution is 0.0930. The third-order valence-corrected chi connectivity index (χ3v) is 9.25. The van der Waals surface area contributed by atoms with Gasteiger partial charge in [-0.25, -0.2) is 9.97 Å². The third-order valence-electron chi connectivity index (χ3n) is 9.25. The van der Waals surface area contributed by atoms with Crippen LogP contribution in [0.3, 0.4) is 0 Å². The summed E-state index contributed by atoms with van der Waals surface area (Å²) in [6, 6.07) is 47.6. The van der Waals surface area contributed by atoms with E-state index in [1.807, 2.05) is 74.5 Å². The van der Waals surface area contributed by atoms with Gasteiger partial charge in [0.25, 0.3) is 5.91 Å². The van der Waals surface area contributed by atoms with Crippen molar-refractivity contribution in [2.24, 2.45) is 0 Å². The van der Waals surface area contributed by atoms with Gasteiger partial charge in [0.15, 0.2) is 0 Å². The first-order valence-electron chi connectivity index (χ1n) is 16.4. The van der Waals surface area contributed by atoms with Crippen molar-refractivity contribution >= 4 is 27.8 Å². The molecule has 2 N–H and O–H groups in total. The van der Waals surface area contributed by atoms with E-state index in [0.717, 1.165) is 50.0 Å². The largest absolute Gasteiger partial charge is 0.343 e. The summed E-state index contributed by atoms with van der Waals surface area (Å²) in [6.07, 6.45) is 3.59. The van der Waals surface area contributed by atoms with Gasteiger partial charge in [-0.15, -0.1) is 0 Å². The molecule has 0 saturated carbocycles. The number of rotatable bonds is 8. The molecule has 5 aromatic carbocycles. The maximum Gasteiger partial charge on any atom is 0.289 e. The number of nitrogens with one attached hydrogen (secondary N) is 2. The minimum atomic E-state index is -0.801. The van der Waals surface area contributed by atoms with E-state index in [-0.39, 0.29) is 17.8 Å². The lowest BCUT2D eigenvalue weighted by Gasteiger charge is -2.37. The number of hydrogen-bond acceptors (Lipinski definition) is 4. The van der Waals surface area contributed by atoms with Crippen LogP contribution in [0.2, 0.25) is 0 Å². The lowest BCUT2D eigenvalue weighted by atomic mass is 9.77. The molecule has 0 aliphatic rings. The Hall–Kier alpha value is -6.34. The molecule has 238 valence electrons. The topological polar surface area (TPSA) is 88.5 Å². The third kappa shape index (κ3) is 5.26. The van der Waals surface area contributed by atoms with Gasteiger partial charge in [-0.1, -0.05) is 121 Å². The molecule has 3 aromatic heterocycles. The molecular weight excluding hydrogens is 605 g/mol. The Balaban J connectivity index is 1.37. The number of hydrogen-bond donors (Lipinski definition) is 2. The Morgan fingerprint density at radius 1 is 0.714 bits per heavy atom. The average Bonchev–Trinajstić information content (AvgIpc) is 3.74. The predicted molar refractivity (Wildman–Crippen MR) is 194 cm³/mol. The van der Waals surface area contributed by atoms with Gasteiger partial charge < -0.3 is 5.32 Å². The van der Waals surface area contributed by atoms with E-state index in [4.69, 9.17) is 9.97 Å². The Morgan fingerprint density at radius 3 is 1.86 bits per heavy atom. The Labute approximate surface area is 284 Å². The fourth-order valence-corrected chi connectivity index (χ4v) is 6.93. The van der Waals surface area contributed by atoms with E-state index < -0.39 is 5.54 Å². The second-order valence-electron chi connectivity index (χ2n) is 12.4. The predicted octanol–water partition coefficient (Wildman–Crippen LogP) is 8.61. The summed E-state index contributed by atoms with van der Waals surface area (Å²) in [5.41, 5.74) is 8.70. The van der Waals surface area contributed by atoms with Crippen molar-refractivity contribution in [2.45, 2.75) is 25.4 Å². The molecule has 0 unspecified atom stereocenters. The first-order valence-corrected chi connectivity index (χ1v) is 16.4. The van der Waals surface area contributed by atoms with E-state index in [2.05, 4.69) is 98.9 Å². The van der Waals surface area contributed by atoms with E-state index in [0.29, 0.717) is 11.0 Å². The van der Waals surface area contributed by atoms with E-state index >= 15 is 0 Å². The number of aryl methyl sites for hydroxylation is 1. The maximum atomic E-state index is 13.5. The fraction of sp³-hybridized carbons (Fsp3) is 0.0952. The van der Waals surface area contributed by atoms with Crippen molar-refractivity contribution in [1.29, 1.82) is 0 Å². The fourth-order valence-electron chi connectivity index (χ4n) is 6.93. The second kappa shape index (κ2) is 12.4. The standard InChI is InChI=1S/C42H34N6O/c1-28-13-12-14-31(25-28)29(2)44-41(49)40-45-36-26-35-38(27-37(36)46-40)48(47-39(35)30-21-23-43-24-22-30)42(32-15-6-3-7-16-32,33-17-8-4-9-18-33)34-19-10-5-11-20-34/h3-27,29,47H,1-2H3,(H,44,49)/t29-/m1/s1. The quantitative estimate of drug-likeness (QED) is 0.163. The lowest BCUT2D eigenvalue weighted by Crippen LogP contribution is -2.38. The minimum absolute atomic E-state index is 0.142. The van der Waals surface area contributed by atoms with Gasteiger partial charge >= 0.3 is 0 Å². The molecule has 1 amide bonds. The van der Waals surface area contributed by atoms with Crippen molar-refractivity contribution < 1.29 is 4.79 Å². The molecule has 7 heteroatoms. The van der Waals surface area contributed by atoms with Gasteiger partial charge in [0.1, 0.15) is 5.54 Å². The molecule has 0 spiro atoms. The van der Waals surface area contributed by atoms with Crippen LogP contribution in [0.4, 0.5) is 0 Å².